The van der Waals surface area contributed by atoms with E-state index in [-0.39, 0.29) is 30.7 Å². The van der Waals surface area contributed by atoms with Crippen molar-refractivity contribution in [1.29, 1.82) is 0 Å². The average Bonchev–Trinajstić information content (AvgIpc) is 3.60. The first kappa shape index (κ1) is 34.9. The smallest absolute Gasteiger partial charge is 0.248 e. The van der Waals surface area contributed by atoms with Gasteiger partial charge in [-0.2, -0.15) is 4.31 Å². The molecule has 1 atom stereocenters. The summed E-state index contributed by atoms with van der Waals surface area (Å²) in [6.07, 6.45) is 12.1. The number of methoxy groups -OCH3 is 1. The number of hydrogen-bond acceptors (Lipinski definition) is 6. The number of likely N-dealkylation sites (tertiary alicyclic amines) is 1. The van der Waals surface area contributed by atoms with E-state index < -0.39 is 10.0 Å². The predicted molar refractivity (Wildman–Crippen MR) is 183 cm³/mol. The first-order chi connectivity index (χ1) is 22.1. The minimum atomic E-state index is -3.72. The molecule has 8 nitrogen and oxygen atoms in total. The number of carbonyl (C=O) groups excluding carboxylic acids is 1. The highest BCUT2D eigenvalue weighted by Crippen LogP contribution is 2.42. The lowest BCUT2D eigenvalue weighted by Gasteiger charge is -2.47. The Morgan fingerprint density at radius 3 is 2.26 bits per heavy atom. The zero-order chi connectivity index (χ0) is 32.7. The van der Waals surface area contributed by atoms with E-state index in [1.807, 2.05) is 20.9 Å². The van der Waals surface area contributed by atoms with Gasteiger partial charge < -0.3 is 14.4 Å². The van der Waals surface area contributed by atoms with Crippen LogP contribution in [0.15, 0.2) is 47.4 Å². The molecular weight excluding hydrogens is 598 g/mol. The third-order valence-electron chi connectivity index (χ3n) is 10.8. The van der Waals surface area contributed by atoms with Crippen molar-refractivity contribution in [1.82, 2.24) is 14.1 Å². The van der Waals surface area contributed by atoms with Crippen molar-refractivity contribution in [3.8, 4) is 5.75 Å². The number of likely N-dealkylation sites (N-methyl/N-ethyl adjacent to an activating group) is 1. The monoisotopic (exact) mass is 653 g/mol. The van der Waals surface area contributed by atoms with Crippen LogP contribution < -0.4 is 4.74 Å². The van der Waals surface area contributed by atoms with Crippen LogP contribution in [0.3, 0.4) is 0 Å². The van der Waals surface area contributed by atoms with Gasteiger partial charge in [0, 0.05) is 31.7 Å². The van der Waals surface area contributed by atoms with Crippen LogP contribution in [0.2, 0.25) is 0 Å². The van der Waals surface area contributed by atoms with E-state index in [1.165, 1.54) is 57.2 Å². The number of ether oxygens (including phenoxy) is 2. The van der Waals surface area contributed by atoms with Crippen LogP contribution in [0.25, 0.3) is 0 Å². The zero-order valence-electron chi connectivity index (χ0n) is 28.5. The Morgan fingerprint density at radius 1 is 0.957 bits per heavy atom. The van der Waals surface area contributed by atoms with E-state index in [0.29, 0.717) is 34.2 Å². The SMILES string of the molecule is COc1cc(C)c(S(=O)(=O)N2CCCCC2COCC(=O)N(C)CCC2CCC(Cc3ccccc3)(N3CCCC3)CC2)c(C)c1. The number of rotatable bonds is 13. The molecule has 9 heteroatoms. The fraction of sp³-hybridized carbons (Fsp3) is 0.649. The van der Waals surface area contributed by atoms with Crippen molar-refractivity contribution in [3.63, 3.8) is 0 Å². The molecular formula is C37H55N3O5S. The van der Waals surface area contributed by atoms with Gasteiger partial charge in [0.25, 0.3) is 0 Å². The van der Waals surface area contributed by atoms with Crippen LogP contribution in [-0.2, 0) is 26.0 Å². The van der Waals surface area contributed by atoms with E-state index in [9.17, 15) is 13.2 Å². The Morgan fingerprint density at radius 2 is 1.61 bits per heavy atom. The van der Waals surface area contributed by atoms with Gasteiger partial charge in [-0.05, 0) is 126 Å². The van der Waals surface area contributed by atoms with Gasteiger partial charge in [-0.1, -0.05) is 36.8 Å². The van der Waals surface area contributed by atoms with Crippen LogP contribution in [0.1, 0.15) is 80.9 Å². The lowest BCUT2D eigenvalue weighted by Crippen LogP contribution is -2.51. The summed E-state index contributed by atoms with van der Waals surface area (Å²) in [5.74, 6) is 1.24. The lowest BCUT2D eigenvalue weighted by atomic mass is 9.71. The Balaban J connectivity index is 1.09. The van der Waals surface area contributed by atoms with Gasteiger partial charge in [-0.25, -0.2) is 8.42 Å². The quantitative estimate of drug-likeness (QED) is 0.265. The zero-order valence-corrected chi connectivity index (χ0v) is 29.3. The number of amides is 1. The van der Waals surface area contributed by atoms with E-state index in [4.69, 9.17) is 9.47 Å². The molecule has 3 fully saturated rings. The molecule has 1 unspecified atom stereocenters. The number of nitrogens with zero attached hydrogens (tertiary/aromatic N) is 3. The van der Waals surface area contributed by atoms with E-state index in [1.54, 1.807) is 28.4 Å². The van der Waals surface area contributed by atoms with Crippen LogP contribution in [0.4, 0.5) is 0 Å². The number of piperidine rings is 1. The highest BCUT2D eigenvalue weighted by molar-refractivity contribution is 7.89. The highest BCUT2D eigenvalue weighted by atomic mass is 32.2. The predicted octanol–water partition coefficient (Wildman–Crippen LogP) is 5.99. The molecule has 0 N–H and O–H groups in total. The standard InChI is InChI=1S/C37H55N3O5S/c1-29-24-34(44-4)25-30(2)36(29)46(42,43)40-22-9-8-14-33(40)27-45-28-35(41)38(3)23-17-31-15-18-37(19-16-31,39-20-10-11-21-39)26-32-12-6-5-7-13-32/h5-7,12-13,24-25,31,33H,8-11,14-23,26-28H2,1-4H3. The van der Waals surface area contributed by atoms with Gasteiger partial charge >= 0.3 is 0 Å². The second kappa shape index (κ2) is 15.6. The fourth-order valence-corrected chi connectivity index (χ4v) is 10.3. The molecule has 254 valence electrons. The summed E-state index contributed by atoms with van der Waals surface area (Å²) in [5.41, 5.74) is 3.07. The summed E-state index contributed by atoms with van der Waals surface area (Å²) in [5, 5.41) is 0. The number of sulfonamides is 1. The molecule has 1 amide bonds. The Labute approximate surface area is 277 Å². The normalized spacial score (nSPS) is 24.6. The maximum atomic E-state index is 13.8. The average molecular weight is 654 g/mol. The van der Waals surface area contributed by atoms with Crippen molar-refractivity contribution >= 4 is 15.9 Å². The van der Waals surface area contributed by atoms with Crippen molar-refractivity contribution in [2.75, 3.05) is 53.6 Å². The Hall–Kier alpha value is -2.46. The van der Waals surface area contributed by atoms with Crippen LogP contribution in [-0.4, -0.2) is 93.6 Å². The molecule has 0 radical (unpaired) electrons. The molecule has 5 rings (SSSR count). The lowest BCUT2D eigenvalue weighted by molar-refractivity contribution is -0.135. The summed E-state index contributed by atoms with van der Waals surface area (Å²) >= 11 is 0. The van der Waals surface area contributed by atoms with Crippen molar-refractivity contribution < 1.29 is 22.7 Å². The van der Waals surface area contributed by atoms with Gasteiger partial charge in [-0.15, -0.1) is 0 Å². The maximum Gasteiger partial charge on any atom is 0.248 e. The van der Waals surface area contributed by atoms with E-state index in [2.05, 4.69) is 35.2 Å². The summed E-state index contributed by atoms with van der Waals surface area (Å²) in [7, 11) is -0.267. The summed E-state index contributed by atoms with van der Waals surface area (Å²) in [6.45, 7) is 7.45. The molecule has 2 aliphatic heterocycles. The maximum absolute atomic E-state index is 13.8. The number of hydrogen-bond donors (Lipinski definition) is 0. The first-order valence-electron chi connectivity index (χ1n) is 17.4. The molecule has 1 saturated carbocycles. The van der Waals surface area contributed by atoms with Crippen molar-refractivity contribution in [2.45, 2.75) is 101 Å². The molecule has 2 saturated heterocycles. The minimum absolute atomic E-state index is 0.0265. The van der Waals surface area contributed by atoms with Crippen molar-refractivity contribution in [2.24, 2.45) is 5.92 Å². The molecule has 2 aromatic rings. The molecule has 0 spiro atoms. The van der Waals surface area contributed by atoms with Crippen molar-refractivity contribution in [3.05, 3.63) is 59.2 Å². The van der Waals surface area contributed by atoms with Gasteiger partial charge in [0.05, 0.1) is 18.6 Å². The topological polar surface area (TPSA) is 79.4 Å². The Kier molecular flexibility index (Phi) is 11.8. The first-order valence-corrected chi connectivity index (χ1v) is 18.8. The molecule has 2 heterocycles. The minimum Gasteiger partial charge on any atom is -0.497 e. The van der Waals surface area contributed by atoms with E-state index >= 15 is 0 Å². The third-order valence-corrected chi connectivity index (χ3v) is 13.1. The Bertz CT molecular complexity index is 1380. The second-order valence-corrected chi connectivity index (χ2v) is 15.8. The number of aryl methyl sites for hydroxylation is 2. The fourth-order valence-electron chi connectivity index (χ4n) is 8.18. The summed E-state index contributed by atoms with van der Waals surface area (Å²) in [4.78, 5) is 18.0. The number of carbonyl (C=O) groups is 1. The second-order valence-electron chi connectivity index (χ2n) is 14.0. The molecule has 0 aromatic heterocycles. The van der Waals surface area contributed by atoms with Gasteiger partial charge in [0.15, 0.2) is 0 Å². The van der Waals surface area contributed by atoms with E-state index in [0.717, 1.165) is 38.6 Å². The van der Waals surface area contributed by atoms with Gasteiger partial charge in [-0.3, -0.25) is 9.69 Å². The third kappa shape index (κ3) is 8.15. The molecule has 46 heavy (non-hydrogen) atoms. The molecule has 2 aromatic carbocycles. The van der Waals surface area contributed by atoms with Crippen LogP contribution >= 0.6 is 0 Å². The largest absolute Gasteiger partial charge is 0.497 e. The highest BCUT2D eigenvalue weighted by Gasteiger charge is 2.41. The number of benzene rings is 2. The molecule has 1 aliphatic carbocycles. The van der Waals surface area contributed by atoms with Gasteiger partial charge in [0.1, 0.15) is 12.4 Å². The van der Waals surface area contributed by atoms with Gasteiger partial charge in [0.2, 0.25) is 15.9 Å². The molecule has 3 aliphatic rings. The van der Waals surface area contributed by atoms with Crippen LogP contribution in [0, 0.1) is 19.8 Å². The summed E-state index contributed by atoms with van der Waals surface area (Å²) < 4.78 is 40.5. The summed E-state index contributed by atoms with van der Waals surface area (Å²) in [6, 6.07) is 14.2. The van der Waals surface area contributed by atoms with Crippen LogP contribution in [0.5, 0.6) is 5.75 Å². The molecule has 0 bridgehead atoms.